The van der Waals surface area contributed by atoms with E-state index < -0.39 is 0 Å². The van der Waals surface area contributed by atoms with Gasteiger partial charge in [-0.15, -0.1) is 11.8 Å². The number of alkyl halides is 1. The third kappa shape index (κ3) is 2.45. The van der Waals surface area contributed by atoms with E-state index in [0.717, 1.165) is 17.5 Å². The molecule has 2 unspecified atom stereocenters. The van der Waals surface area contributed by atoms with Crippen LogP contribution in [0, 0.1) is 0 Å². The minimum atomic E-state index is -0.162. The van der Waals surface area contributed by atoms with E-state index in [1.165, 1.54) is 6.42 Å². The Balaban J connectivity index is 2.63. The van der Waals surface area contributed by atoms with Crippen LogP contribution in [0.4, 0.5) is 0 Å². The molecule has 0 saturated carbocycles. The van der Waals surface area contributed by atoms with Crippen molar-refractivity contribution in [3.63, 3.8) is 0 Å². The highest BCUT2D eigenvalue weighted by atomic mass is 79.9. The van der Waals surface area contributed by atoms with Crippen molar-refractivity contribution in [1.82, 2.24) is 4.90 Å². The summed E-state index contributed by atoms with van der Waals surface area (Å²) in [5, 5.41) is 0.843. The lowest BCUT2D eigenvalue weighted by molar-refractivity contribution is -0.133. The summed E-state index contributed by atoms with van der Waals surface area (Å²) in [4.78, 5) is 14.0. The summed E-state index contributed by atoms with van der Waals surface area (Å²) in [7, 11) is 1.90. The van der Waals surface area contributed by atoms with Gasteiger partial charge in [-0.3, -0.25) is 4.79 Å². The molecule has 2 atom stereocenters. The minimum absolute atomic E-state index is 0.162. The second-order valence-corrected chi connectivity index (χ2v) is 6.35. The van der Waals surface area contributed by atoms with Crippen LogP contribution >= 0.6 is 27.7 Å². The molecule has 1 amide bonds. The normalized spacial score (nSPS) is 28.9. The molecule has 0 N–H and O–H groups in total. The summed E-state index contributed by atoms with van der Waals surface area (Å²) < 4.78 is -0.162. The molecule has 0 spiro atoms. The first-order valence-electron chi connectivity index (χ1n) is 4.98. The van der Waals surface area contributed by atoms with Crippen molar-refractivity contribution in [2.24, 2.45) is 0 Å². The molecule has 4 heteroatoms. The van der Waals surface area contributed by atoms with Crippen LogP contribution in [0.2, 0.25) is 0 Å². The fourth-order valence-electron chi connectivity index (χ4n) is 1.62. The molecule has 1 aliphatic heterocycles. The maximum absolute atomic E-state index is 12.2. The number of nitrogens with zero attached hydrogens (tertiary/aromatic N) is 1. The smallest absolute Gasteiger partial charge is 0.238 e. The van der Waals surface area contributed by atoms with Crippen LogP contribution in [0.15, 0.2) is 0 Å². The lowest BCUT2D eigenvalue weighted by Crippen LogP contribution is -2.46. The number of rotatable bonds is 3. The molecule has 14 heavy (non-hydrogen) atoms. The van der Waals surface area contributed by atoms with E-state index in [1.54, 1.807) is 11.8 Å². The summed E-state index contributed by atoms with van der Waals surface area (Å²) in [5.41, 5.74) is 0. The quantitative estimate of drug-likeness (QED) is 0.740. The minimum Gasteiger partial charge on any atom is -0.341 e. The molecule has 1 saturated heterocycles. The largest absolute Gasteiger partial charge is 0.341 e. The molecule has 0 aliphatic carbocycles. The molecule has 2 nitrogen and oxygen atoms in total. The summed E-state index contributed by atoms with van der Waals surface area (Å²) >= 11 is 5.21. The average Bonchev–Trinajstić information content (AvgIpc) is 2.63. The highest BCUT2D eigenvalue weighted by Crippen LogP contribution is 2.39. The Kier molecular flexibility index (Phi) is 4.31. The summed E-state index contributed by atoms with van der Waals surface area (Å²) in [6.07, 6.45) is 2.19. The number of hydrogen-bond acceptors (Lipinski definition) is 2. The van der Waals surface area contributed by atoms with Gasteiger partial charge in [-0.25, -0.2) is 0 Å². The fraction of sp³-hybridized carbons (Fsp3) is 0.900. The topological polar surface area (TPSA) is 20.3 Å². The summed E-state index contributed by atoms with van der Waals surface area (Å²) in [6, 6.07) is 0.278. The number of hydrogen-bond donors (Lipinski definition) is 0. The SMILES string of the molecule is CC(CBr)N(C)C(=O)C1(C)CCCS1. The lowest BCUT2D eigenvalue weighted by Gasteiger charge is -2.31. The van der Waals surface area contributed by atoms with Crippen LogP contribution in [0.25, 0.3) is 0 Å². The molecule has 82 valence electrons. The zero-order valence-electron chi connectivity index (χ0n) is 9.05. The van der Waals surface area contributed by atoms with Crippen LogP contribution in [0.5, 0.6) is 0 Å². The van der Waals surface area contributed by atoms with Gasteiger partial charge in [0.1, 0.15) is 0 Å². The third-order valence-electron chi connectivity index (χ3n) is 2.88. The maximum atomic E-state index is 12.2. The molecule has 0 radical (unpaired) electrons. The highest BCUT2D eigenvalue weighted by Gasteiger charge is 2.39. The van der Waals surface area contributed by atoms with Gasteiger partial charge < -0.3 is 4.90 Å². The molecular formula is C10H18BrNOS. The van der Waals surface area contributed by atoms with E-state index in [1.807, 2.05) is 11.9 Å². The first-order chi connectivity index (χ1) is 6.51. The second kappa shape index (κ2) is 4.88. The Bertz CT molecular complexity index is 216. The van der Waals surface area contributed by atoms with E-state index in [0.29, 0.717) is 0 Å². The zero-order chi connectivity index (χ0) is 10.8. The van der Waals surface area contributed by atoms with Crippen LogP contribution in [0.3, 0.4) is 0 Å². The predicted octanol–water partition coefficient (Wildman–Crippen LogP) is 2.51. The van der Waals surface area contributed by atoms with Crippen LogP contribution in [0.1, 0.15) is 26.7 Å². The van der Waals surface area contributed by atoms with Gasteiger partial charge in [0.25, 0.3) is 0 Å². The number of halogens is 1. The Hall–Kier alpha value is 0.300. The van der Waals surface area contributed by atoms with Crippen LogP contribution in [-0.2, 0) is 4.79 Å². The fourth-order valence-corrected chi connectivity index (χ4v) is 3.35. The second-order valence-electron chi connectivity index (χ2n) is 4.10. The van der Waals surface area contributed by atoms with Crippen molar-refractivity contribution in [2.45, 2.75) is 37.5 Å². The van der Waals surface area contributed by atoms with Gasteiger partial charge in [-0.1, -0.05) is 15.9 Å². The molecule has 0 aromatic heterocycles. The Morgan fingerprint density at radius 2 is 2.36 bits per heavy atom. The zero-order valence-corrected chi connectivity index (χ0v) is 11.4. The third-order valence-corrected chi connectivity index (χ3v) is 5.32. The van der Waals surface area contributed by atoms with Crippen molar-refractivity contribution in [1.29, 1.82) is 0 Å². The van der Waals surface area contributed by atoms with Crippen molar-refractivity contribution in [3.05, 3.63) is 0 Å². The molecule has 0 aromatic rings. The standard InChI is InChI=1S/C10H18BrNOS/c1-8(7-11)12(3)9(13)10(2)5-4-6-14-10/h8H,4-7H2,1-3H3. The van der Waals surface area contributed by atoms with Gasteiger partial charge in [-0.05, 0) is 32.4 Å². The number of thioether (sulfide) groups is 1. The van der Waals surface area contributed by atoms with Gasteiger partial charge in [0.15, 0.2) is 0 Å². The predicted molar refractivity (Wildman–Crippen MR) is 66.1 cm³/mol. The van der Waals surface area contributed by atoms with E-state index >= 15 is 0 Å². The van der Waals surface area contributed by atoms with Crippen LogP contribution in [-0.4, -0.2) is 39.7 Å². The molecule has 0 bridgehead atoms. The van der Waals surface area contributed by atoms with Crippen LogP contribution < -0.4 is 0 Å². The van der Waals surface area contributed by atoms with Gasteiger partial charge in [0.2, 0.25) is 5.91 Å². The molecule has 0 aromatic carbocycles. The Labute approximate surface area is 98.9 Å². The molecule has 1 fully saturated rings. The molecule has 1 heterocycles. The van der Waals surface area contributed by atoms with E-state index in [2.05, 4.69) is 29.8 Å². The molecule has 1 rings (SSSR count). The Morgan fingerprint density at radius 3 is 2.79 bits per heavy atom. The van der Waals surface area contributed by atoms with Gasteiger partial charge in [0.05, 0.1) is 4.75 Å². The van der Waals surface area contributed by atoms with Crippen molar-refractivity contribution < 1.29 is 4.79 Å². The monoisotopic (exact) mass is 279 g/mol. The lowest BCUT2D eigenvalue weighted by atomic mass is 10.0. The van der Waals surface area contributed by atoms with E-state index in [9.17, 15) is 4.79 Å². The number of carbonyl (C=O) groups is 1. The number of amides is 1. The molecular weight excluding hydrogens is 262 g/mol. The van der Waals surface area contributed by atoms with E-state index in [-0.39, 0.29) is 16.7 Å². The summed E-state index contributed by atoms with van der Waals surface area (Å²) in [6.45, 7) is 4.14. The van der Waals surface area contributed by atoms with Crippen molar-refractivity contribution >= 4 is 33.6 Å². The summed E-state index contributed by atoms with van der Waals surface area (Å²) in [5.74, 6) is 1.41. The first-order valence-corrected chi connectivity index (χ1v) is 7.09. The average molecular weight is 280 g/mol. The van der Waals surface area contributed by atoms with E-state index in [4.69, 9.17) is 0 Å². The van der Waals surface area contributed by atoms with Gasteiger partial charge in [0, 0.05) is 18.4 Å². The van der Waals surface area contributed by atoms with Gasteiger partial charge in [-0.2, -0.15) is 0 Å². The Morgan fingerprint density at radius 1 is 1.71 bits per heavy atom. The first kappa shape index (κ1) is 12.4. The van der Waals surface area contributed by atoms with Crippen molar-refractivity contribution in [2.75, 3.05) is 18.1 Å². The number of carbonyl (C=O) groups excluding carboxylic acids is 1. The van der Waals surface area contributed by atoms with Crippen molar-refractivity contribution in [3.8, 4) is 0 Å². The molecule has 1 aliphatic rings. The maximum Gasteiger partial charge on any atom is 0.238 e. The highest BCUT2D eigenvalue weighted by molar-refractivity contribution is 9.09. The van der Waals surface area contributed by atoms with Gasteiger partial charge >= 0.3 is 0 Å².